The number of aromatic nitrogens is 1. The molecule has 0 saturated heterocycles. The first-order valence-electron chi connectivity index (χ1n) is 7.80. The Kier molecular flexibility index (Phi) is 5.39. The lowest BCUT2D eigenvalue weighted by molar-refractivity contribution is 0.0512. The number of ether oxygens (including phenoxy) is 1. The van der Waals surface area contributed by atoms with E-state index in [0.29, 0.717) is 10.0 Å². The van der Waals surface area contributed by atoms with E-state index in [0.717, 1.165) is 10.4 Å². The Balaban J connectivity index is 1.80. The number of carbonyl (C=O) groups is 2. The Morgan fingerprint density at radius 2 is 1.96 bits per heavy atom. The molecule has 0 spiro atoms. The third kappa shape index (κ3) is 3.79. The minimum Gasteiger partial charge on any atom is -0.461 e. The lowest BCUT2D eigenvalue weighted by Gasteiger charge is -2.03. The molecule has 0 unspecified atom stereocenters. The molecule has 0 aliphatic heterocycles. The van der Waals surface area contributed by atoms with Crippen LogP contribution >= 0.6 is 22.9 Å². The van der Waals surface area contributed by atoms with Crippen molar-refractivity contribution in [1.29, 1.82) is 0 Å². The van der Waals surface area contributed by atoms with Gasteiger partial charge in [-0.2, -0.15) is 0 Å². The number of hydrogen-bond acceptors (Lipinski definition) is 6. The minimum atomic E-state index is -0.692. The van der Waals surface area contributed by atoms with Crippen molar-refractivity contribution in [2.24, 2.45) is 0 Å². The molecule has 1 amide bonds. The van der Waals surface area contributed by atoms with Crippen LogP contribution in [0.5, 0.6) is 0 Å². The Hall–Kier alpha value is -2.64. The Morgan fingerprint density at radius 1 is 1.23 bits per heavy atom. The Bertz CT molecular complexity index is 947. The largest absolute Gasteiger partial charge is 0.461 e. The first-order chi connectivity index (χ1) is 12.5. The predicted molar refractivity (Wildman–Crippen MR) is 99.9 cm³/mol. The average Bonchev–Trinajstić information content (AvgIpc) is 3.22. The maximum absolute atomic E-state index is 12.6. The SMILES string of the molecule is CCOC(=O)c1noc(C)c1C(=O)Nc1ccc(-c2ccc(Cl)cc2)s1. The molecule has 0 atom stereocenters. The molecule has 1 aromatic carbocycles. The number of esters is 1. The number of nitrogens with zero attached hydrogens (tertiary/aromatic N) is 1. The summed E-state index contributed by atoms with van der Waals surface area (Å²) in [7, 11) is 0. The van der Waals surface area contributed by atoms with Crippen LogP contribution in [0.4, 0.5) is 5.00 Å². The zero-order chi connectivity index (χ0) is 18.7. The molecule has 6 nitrogen and oxygen atoms in total. The number of hydrogen-bond donors (Lipinski definition) is 1. The van der Waals surface area contributed by atoms with Crippen molar-refractivity contribution in [1.82, 2.24) is 5.16 Å². The van der Waals surface area contributed by atoms with Gasteiger partial charge in [0.2, 0.25) is 5.69 Å². The molecule has 26 heavy (non-hydrogen) atoms. The second kappa shape index (κ2) is 7.72. The Morgan fingerprint density at radius 3 is 2.65 bits per heavy atom. The van der Waals surface area contributed by atoms with Gasteiger partial charge in [-0.1, -0.05) is 28.9 Å². The molecule has 134 valence electrons. The highest BCUT2D eigenvalue weighted by Gasteiger charge is 2.26. The van der Waals surface area contributed by atoms with Crippen LogP contribution in [-0.2, 0) is 4.74 Å². The zero-order valence-corrected chi connectivity index (χ0v) is 15.6. The summed E-state index contributed by atoms with van der Waals surface area (Å²) in [5.41, 5.74) is 0.939. The fourth-order valence-electron chi connectivity index (χ4n) is 2.33. The summed E-state index contributed by atoms with van der Waals surface area (Å²) in [5, 5.41) is 7.70. The van der Waals surface area contributed by atoms with E-state index in [2.05, 4.69) is 10.5 Å². The molecule has 3 aromatic rings. The monoisotopic (exact) mass is 390 g/mol. The third-order valence-electron chi connectivity index (χ3n) is 3.53. The standard InChI is InChI=1S/C18H15ClN2O4S/c1-3-24-18(23)16-15(10(2)25-21-16)17(22)20-14-9-8-13(26-14)11-4-6-12(19)7-5-11/h4-9H,3H2,1-2H3,(H,20,22). The lowest BCUT2D eigenvalue weighted by atomic mass is 10.2. The number of amides is 1. The molecule has 1 N–H and O–H groups in total. The number of halogens is 1. The highest BCUT2D eigenvalue weighted by atomic mass is 35.5. The second-order valence-electron chi connectivity index (χ2n) is 5.31. The average molecular weight is 391 g/mol. The lowest BCUT2D eigenvalue weighted by Crippen LogP contribution is -2.17. The van der Waals surface area contributed by atoms with Gasteiger partial charge in [-0.05, 0) is 43.7 Å². The number of benzene rings is 1. The smallest absolute Gasteiger partial charge is 0.361 e. The van der Waals surface area contributed by atoms with Crippen molar-refractivity contribution in [2.45, 2.75) is 13.8 Å². The quantitative estimate of drug-likeness (QED) is 0.633. The number of carbonyl (C=O) groups excluding carboxylic acids is 2. The van der Waals surface area contributed by atoms with Crippen LogP contribution in [0.25, 0.3) is 10.4 Å². The molecular formula is C18H15ClN2O4S. The second-order valence-corrected chi connectivity index (χ2v) is 6.83. The van der Waals surface area contributed by atoms with Gasteiger partial charge in [-0.25, -0.2) is 4.79 Å². The van der Waals surface area contributed by atoms with E-state index < -0.39 is 11.9 Å². The fourth-order valence-corrected chi connectivity index (χ4v) is 3.36. The summed E-state index contributed by atoms with van der Waals surface area (Å²) < 4.78 is 9.89. The van der Waals surface area contributed by atoms with Crippen LogP contribution in [0.15, 0.2) is 40.9 Å². The highest BCUT2D eigenvalue weighted by Crippen LogP contribution is 2.32. The predicted octanol–water partition coefficient (Wildman–Crippen LogP) is 4.79. The number of thiophene rings is 1. The molecule has 2 heterocycles. The van der Waals surface area contributed by atoms with Crippen molar-refractivity contribution in [3.63, 3.8) is 0 Å². The first kappa shape index (κ1) is 18.2. The van der Waals surface area contributed by atoms with Crippen molar-refractivity contribution < 1.29 is 18.8 Å². The van der Waals surface area contributed by atoms with Gasteiger partial charge in [0, 0.05) is 9.90 Å². The van der Waals surface area contributed by atoms with E-state index >= 15 is 0 Å². The normalized spacial score (nSPS) is 10.6. The van der Waals surface area contributed by atoms with E-state index in [9.17, 15) is 9.59 Å². The summed E-state index contributed by atoms with van der Waals surface area (Å²) in [5.74, 6) is -0.918. The van der Waals surface area contributed by atoms with Gasteiger partial charge < -0.3 is 14.6 Å². The molecule has 8 heteroatoms. The van der Waals surface area contributed by atoms with Gasteiger partial charge in [0.05, 0.1) is 11.6 Å². The molecule has 0 radical (unpaired) electrons. The van der Waals surface area contributed by atoms with Crippen LogP contribution in [0, 0.1) is 6.92 Å². The summed E-state index contributed by atoms with van der Waals surface area (Å²) in [6.07, 6.45) is 0. The van der Waals surface area contributed by atoms with Gasteiger partial charge in [-0.15, -0.1) is 11.3 Å². The topological polar surface area (TPSA) is 81.4 Å². The number of anilines is 1. The van der Waals surface area contributed by atoms with Crippen molar-refractivity contribution >= 4 is 39.8 Å². The summed E-state index contributed by atoms with van der Waals surface area (Å²) in [4.78, 5) is 25.5. The number of rotatable bonds is 5. The molecule has 0 aliphatic carbocycles. The molecular weight excluding hydrogens is 376 g/mol. The first-order valence-corrected chi connectivity index (χ1v) is 8.99. The van der Waals surface area contributed by atoms with E-state index in [4.69, 9.17) is 20.9 Å². The van der Waals surface area contributed by atoms with Gasteiger partial charge >= 0.3 is 5.97 Å². The van der Waals surface area contributed by atoms with Gasteiger partial charge in [0.1, 0.15) is 11.3 Å². The van der Waals surface area contributed by atoms with Crippen molar-refractivity contribution in [3.8, 4) is 10.4 Å². The minimum absolute atomic E-state index is 0.0740. The van der Waals surface area contributed by atoms with Gasteiger partial charge in [0.15, 0.2) is 0 Å². The molecule has 0 aliphatic rings. The molecule has 2 aromatic heterocycles. The zero-order valence-electron chi connectivity index (χ0n) is 14.0. The summed E-state index contributed by atoms with van der Waals surface area (Å²) >= 11 is 7.31. The van der Waals surface area contributed by atoms with Gasteiger partial charge in [-0.3, -0.25) is 4.79 Å². The van der Waals surface area contributed by atoms with Crippen LogP contribution in [0.3, 0.4) is 0 Å². The van der Waals surface area contributed by atoms with Gasteiger partial charge in [0.25, 0.3) is 5.91 Å². The van der Waals surface area contributed by atoms with E-state index in [1.165, 1.54) is 11.3 Å². The third-order valence-corrected chi connectivity index (χ3v) is 4.83. The summed E-state index contributed by atoms with van der Waals surface area (Å²) in [6, 6.07) is 11.1. The van der Waals surface area contributed by atoms with Crippen LogP contribution < -0.4 is 5.32 Å². The van der Waals surface area contributed by atoms with Crippen molar-refractivity contribution in [2.75, 3.05) is 11.9 Å². The maximum atomic E-state index is 12.6. The van der Waals surface area contributed by atoms with E-state index in [1.807, 2.05) is 18.2 Å². The number of nitrogens with one attached hydrogen (secondary N) is 1. The van der Waals surface area contributed by atoms with E-state index in [-0.39, 0.29) is 23.6 Å². The Labute approximate surface area is 158 Å². The molecule has 0 saturated carbocycles. The number of aryl methyl sites for hydroxylation is 1. The van der Waals surface area contributed by atoms with Crippen LogP contribution in [-0.4, -0.2) is 23.6 Å². The highest BCUT2D eigenvalue weighted by molar-refractivity contribution is 7.19. The maximum Gasteiger partial charge on any atom is 0.361 e. The van der Waals surface area contributed by atoms with E-state index in [1.54, 1.807) is 32.0 Å². The molecule has 0 bridgehead atoms. The van der Waals surface area contributed by atoms with Crippen LogP contribution in [0.2, 0.25) is 5.02 Å². The summed E-state index contributed by atoms with van der Waals surface area (Å²) in [6.45, 7) is 3.42. The molecule has 0 fully saturated rings. The van der Waals surface area contributed by atoms with Crippen LogP contribution in [0.1, 0.15) is 33.5 Å². The fraction of sp³-hybridized carbons (Fsp3) is 0.167. The van der Waals surface area contributed by atoms with Crippen molar-refractivity contribution in [3.05, 3.63) is 58.4 Å². The molecule has 3 rings (SSSR count).